The number of carbonyl (C=O) groups is 2. The molecule has 6 aromatic heterocycles. The van der Waals surface area contributed by atoms with Crippen molar-refractivity contribution in [1.29, 1.82) is 0 Å². The number of aromatic nitrogens is 10. The van der Waals surface area contributed by atoms with Gasteiger partial charge in [0.1, 0.15) is 46.0 Å². The number of pyridine rings is 2. The van der Waals surface area contributed by atoms with Crippen LogP contribution in [0.2, 0.25) is 0 Å². The van der Waals surface area contributed by atoms with E-state index in [4.69, 9.17) is 20.9 Å². The molecule has 0 aliphatic heterocycles. The molecule has 8 aromatic rings. The summed E-state index contributed by atoms with van der Waals surface area (Å²) in [4.78, 5) is 51.0. The zero-order valence-corrected chi connectivity index (χ0v) is 32.8. The van der Waals surface area contributed by atoms with E-state index in [1.54, 1.807) is 24.3 Å². The van der Waals surface area contributed by atoms with Crippen molar-refractivity contribution in [1.82, 2.24) is 49.5 Å². The number of anilines is 6. The number of carbonyl (C=O) groups excluding carboxylic acids is 2. The molecule has 0 atom stereocenters. The molecule has 8 rings (SSSR count). The van der Waals surface area contributed by atoms with Gasteiger partial charge in [-0.25, -0.2) is 66.4 Å². The molecule has 6 heterocycles. The average molecular weight is 865 g/mol. The van der Waals surface area contributed by atoms with Crippen LogP contribution in [0.25, 0.3) is 45.1 Å². The van der Waals surface area contributed by atoms with Crippen molar-refractivity contribution in [3.63, 3.8) is 0 Å². The second kappa shape index (κ2) is 17.1. The Balaban J connectivity index is 1.17. The van der Waals surface area contributed by atoms with Crippen LogP contribution in [0, 0.1) is 23.3 Å². The predicted molar refractivity (Wildman–Crippen MR) is 221 cm³/mol. The Morgan fingerprint density at radius 3 is 1.44 bits per heavy atom. The molecule has 0 fully saturated rings. The third kappa shape index (κ3) is 8.39. The Kier molecular flexibility index (Phi) is 11.2. The average Bonchev–Trinajstić information content (AvgIpc) is 3.81. The molecule has 0 spiro atoms. The summed E-state index contributed by atoms with van der Waals surface area (Å²) in [6.45, 7) is -0.504. The molecule has 0 bridgehead atoms. The first-order valence-corrected chi connectivity index (χ1v) is 18.4. The summed E-state index contributed by atoms with van der Waals surface area (Å²) in [5.74, 6) is -3.55. The number of nitrogens with one attached hydrogen (secondary N) is 4. The predicted octanol–water partition coefficient (Wildman–Crippen LogP) is 5.75. The van der Waals surface area contributed by atoms with E-state index in [1.165, 1.54) is 33.6 Å². The number of methoxy groups -OCH3 is 2. The lowest BCUT2D eigenvalue weighted by Gasteiger charge is -2.17. The van der Waals surface area contributed by atoms with Gasteiger partial charge < -0.3 is 31.6 Å². The van der Waals surface area contributed by atoms with Crippen molar-refractivity contribution >= 4 is 68.9 Å². The number of halogens is 4. The molecule has 0 aliphatic carbocycles. The summed E-state index contributed by atoms with van der Waals surface area (Å²) >= 11 is 0. The molecule has 8 N–H and O–H groups in total. The number of hydrogen-bond acceptors (Lipinski definition) is 16. The molecule has 20 nitrogen and oxygen atoms in total. The third-order valence-electron chi connectivity index (χ3n) is 9.30. The minimum absolute atomic E-state index is 0.00559. The van der Waals surface area contributed by atoms with Crippen LogP contribution in [0.5, 0.6) is 0 Å². The first-order valence-electron chi connectivity index (χ1n) is 18.4. The highest BCUT2D eigenvalue weighted by Crippen LogP contribution is 2.35. The number of benzene rings is 2. The molecule has 63 heavy (non-hydrogen) atoms. The Morgan fingerprint density at radius 2 is 1.05 bits per heavy atom. The monoisotopic (exact) mass is 864 g/mol. The van der Waals surface area contributed by atoms with Crippen LogP contribution >= 0.6 is 0 Å². The van der Waals surface area contributed by atoms with Crippen LogP contribution in [0.15, 0.2) is 73.1 Å². The molecule has 0 saturated heterocycles. The van der Waals surface area contributed by atoms with Gasteiger partial charge in [0.2, 0.25) is 0 Å². The third-order valence-corrected chi connectivity index (χ3v) is 9.30. The molecule has 2 aromatic carbocycles. The van der Waals surface area contributed by atoms with Crippen LogP contribution in [-0.4, -0.2) is 82.5 Å². The quantitative estimate of drug-likeness (QED) is 0.0631. The van der Waals surface area contributed by atoms with E-state index in [0.717, 1.165) is 38.7 Å². The van der Waals surface area contributed by atoms with Crippen molar-refractivity contribution in [2.24, 2.45) is 0 Å². The van der Waals surface area contributed by atoms with Crippen molar-refractivity contribution in [2.75, 3.05) is 53.6 Å². The standard InChI is InChI=1S/C39H32F4N16O4/c1-62-38(60)50-28-30(44)52-34(26-22-11-20(40)13-46-36(22)58(56-26)15-18-7-3-5-9-24(18)42)54-32(28)48-17-49-33-29(51-39(61)63-2)31(45)53-35(55-33)27-23-12-21(41)14-47-37(23)59(57-27)16-19-8-4-6-10-25(19)43/h3-14H,15-17H2,1-2H3,(H,50,60)(H,51,61)(H3,44,48,52,54)(H3,45,49,53,55). The second-order valence-corrected chi connectivity index (χ2v) is 13.3. The summed E-state index contributed by atoms with van der Waals surface area (Å²) < 4.78 is 71.0. The molecule has 24 heteroatoms. The second-order valence-electron chi connectivity index (χ2n) is 13.3. The number of amides is 2. The summed E-state index contributed by atoms with van der Waals surface area (Å²) in [5.41, 5.74) is 13.3. The lowest BCUT2D eigenvalue weighted by atomic mass is 10.2. The molecular weight excluding hydrogens is 833 g/mol. The van der Waals surface area contributed by atoms with Crippen molar-refractivity contribution in [3.8, 4) is 23.0 Å². The maximum Gasteiger partial charge on any atom is 0.411 e. The number of ether oxygens (including phenoxy) is 2. The normalized spacial score (nSPS) is 11.1. The highest BCUT2D eigenvalue weighted by Gasteiger charge is 2.25. The number of rotatable bonds is 12. The Morgan fingerprint density at radius 1 is 0.635 bits per heavy atom. The van der Waals surface area contributed by atoms with Gasteiger partial charge in [0, 0.05) is 11.1 Å². The molecule has 0 aliphatic rings. The number of nitrogen functional groups attached to an aromatic ring is 2. The Labute approximate surface area is 351 Å². The van der Waals surface area contributed by atoms with E-state index < -0.39 is 35.5 Å². The van der Waals surface area contributed by atoms with Gasteiger partial charge in [-0.05, 0) is 24.3 Å². The van der Waals surface area contributed by atoms with E-state index in [9.17, 15) is 27.2 Å². The zero-order valence-electron chi connectivity index (χ0n) is 32.8. The lowest BCUT2D eigenvalue weighted by Crippen LogP contribution is -2.21. The van der Waals surface area contributed by atoms with E-state index in [2.05, 4.69) is 61.4 Å². The van der Waals surface area contributed by atoms with Crippen molar-refractivity contribution in [3.05, 3.63) is 107 Å². The van der Waals surface area contributed by atoms with Crippen LogP contribution < -0.4 is 32.7 Å². The fraction of sp³-hybridized carbons (Fsp3) is 0.128. The summed E-state index contributed by atoms with van der Waals surface area (Å²) in [7, 11) is 2.24. The Bertz CT molecular complexity index is 2870. The van der Waals surface area contributed by atoms with Crippen LogP contribution in [-0.2, 0) is 22.6 Å². The summed E-state index contributed by atoms with van der Waals surface area (Å²) in [5, 5.41) is 20.2. The van der Waals surface area contributed by atoms with Crippen LogP contribution in [0.3, 0.4) is 0 Å². The smallest absolute Gasteiger partial charge is 0.411 e. The molecule has 0 unspecified atom stereocenters. The number of nitrogens with zero attached hydrogens (tertiary/aromatic N) is 10. The number of nitrogens with two attached hydrogens (primary N) is 2. The SMILES string of the molecule is COC(=O)Nc1c(N)nc(-c2nn(Cc3ccccc3F)c3ncc(F)cc23)nc1NCNc1nc(-c2nn(Cc3ccccc3F)c3ncc(F)cc23)nc(N)c1NC(=O)OC. The van der Waals surface area contributed by atoms with Gasteiger partial charge in [-0.2, -0.15) is 10.2 Å². The highest BCUT2D eigenvalue weighted by molar-refractivity contribution is 5.97. The molecule has 2 amide bonds. The van der Waals surface area contributed by atoms with Gasteiger partial charge in [-0.1, -0.05) is 36.4 Å². The van der Waals surface area contributed by atoms with Gasteiger partial charge >= 0.3 is 12.2 Å². The van der Waals surface area contributed by atoms with Gasteiger partial charge in [-0.3, -0.25) is 10.6 Å². The summed E-state index contributed by atoms with van der Waals surface area (Å²) in [6.07, 6.45) is 0.0786. The lowest BCUT2D eigenvalue weighted by molar-refractivity contribution is 0.186. The molecule has 320 valence electrons. The molecule has 0 saturated carbocycles. The minimum Gasteiger partial charge on any atom is -0.453 e. The van der Waals surface area contributed by atoms with E-state index in [1.807, 2.05) is 0 Å². The first-order chi connectivity index (χ1) is 30.4. The van der Waals surface area contributed by atoms with E-state index in [0.29, 0.717) is 0 Å². The first kappa shape index (κ1) is 41.1. The molecular formula is C39H32F4N16O4. The van der Waals surface area contributed by atoms with Crippen LogP contribution in [0.1, 0.15) is 11.1 Å². The van der Waals surface area contributed by atoms with E-state index in [-0.39, 0.29) is 111 Å². The van der Waals surface area contributed by atoms with Gasteiger partial charge in [0.25, 0.3) is 0 Å². The van der Waals surface area contributed by atoms with E-state index >= 15 is 0 Å². The number of fused-ring (bicyclic) bond motifs is 2. The van der Waals surface area contributed by atoms with Crippen LogP contribution in [0.4, 0.5) is 61.8 Å². The fourth-order valence-electron chi connectivity index (χ4n) is 6.38. The number of hydrogen-bond donors (Lipinski definition) is 6. The minimum atomic E-state index is -0.940. The van der Waals surface area contributed by atoms with Gasteiger partial charge in [-0.15, -0.1) is 0 Å². The van der Waals surface area contributed by atoms with Gasteiger partial charge in [0.15, 0.2) is 46.2 Å². The maximum absolute atomic E-state index is 14.7. The Hall–Kier alpha value is -8.70. The zero-order chi connectivity index (χ0) is 44.4. The highest BCUT2D eigenvalue weighted by atomic mass is 19.1. The van der Waals surface area contributed by atoms with Crippen molar-refractivity contribution < 1.29 is 36.6 Å². The maximum atomic E-state index is 14.7. The fourth-order valence-corrected chi connectivity index (χ4v) is 6.38. The van der Waals surface area contributed by atoms with Crippen molar-refractivity contribution in [2.45, 2.75) is 13.1 Å². The van der Waals surface area contributed by atoms with Gasteiger partial charge in [0.05, 0.1) is 57.1 Å². The molecule has 0 radical (unpaired) electrons. The topological polar surface area (TPSA) is 266 Å². The largest absolute Gasteiger partial charge is 0.453 e. The summed E-state index contributed by atoms with van der Waals surface area (Å²) in [6, 6.07) is 14.4.